The molecule has 1 atom stereocenters. The van der Waals surface area contributed by atoms with Crippen LogP contribution in [0.15, 0.2) is 0 Å². The maximum absolute atomic E-state index is 11.5. The summed E-state index contributed by atoms with van der Waals surface area (Å²) >= 11 is 0. The first-order valence-corrected chi connectivity index (χ1v) is 5.37. The van der Waals surface area contributed by atoms with E-state index in [0.29, 0.717) is 0 Å². The lowest BCUT2D eigenvalue weighted by Gasteiger charge is -2.23. The van der Waals surface area contributed by atoms with Crippen LogP contribution in [0.2, 0.25) is 0 Å². The Bertz CT molecular complexity index is 344. The van der Waals surface area contributed by atoms with Crippen molar-refractivity contribution < 1.29 is 33.3 Å². The van der Waals surface area contributed by atoms with Crippen LogP contribution in [0.25, 0.3) is 0 Å². The zero-order valence-electron chi connectivity index (χ0n) is 10.7. The molecule has 102 valence electrons. The number of rotatable bonds is 4. The van der Waals surface area contributed by atoms with E-state index in [-0.39, 0.29) is 6.42 Å². The van der Waals surface area contributed by atoms with Crippen molar-refractivity contribution in [1.82, 2.24) is 0 Å². The molecule has 7 heteroatoms. The number of hydrogen-bond acceptors (Lipinski definition) is 7. The van der Waals surface area contributed by atoms with E-state index < -0.39 is 35.7 Å². The Balaban J connectivity index is 2.81. The number of hydrogen-bond donors (Lipinski definition) is 0. The molecule has 0 aromatic rings. The SMILES string of the molecule is COC(=O)C(CC1OC(=O)OC1(C)C)C(=O)OC. The van der Waals surface area contributed by atoms with Gasteiger partial charge in [-0.2, -0.15) is 0 Å². The van der Waals surface area contributed by atoms with Gasteiger partial charge < -0.3 is 18.9 Å². The molecular weight excluding hydrogens is 244 g/mol. The molecular formula is C11H16O7. The van der Waals surface area contributed by atoms with Gasteiger partial charge >= 0.3 is 18.1 Å². The van der Waals surface area contributed by atoms with Crippen LogP contribution in [0.3, 0.4) is 0 Å². The average molecular weight is 260 g/mol. The van der Waals surface area contributed by atoms with Crippen LogP contribution in [-0.2, 0) is 28.5 Å². The van der Waals surface area contributed by atoms with Crippen LogP contribution in [-0.4, -0.2) is 44.0 Å². The highest BCUT2D eigenvalue weighted by Gasteiger charge is 2.47. The second-order valence-electron chi connectivity index (χ2n) is 4.40. The quantitative estimate of drug-likeness (QED) is 0.416. The Labute approximate surface area is 104 Å². The van der Waals surface area contributed by atoms with E-state index in [1.165, 1.54) is 14.2 Å². The first-order valence-electron chi connectivity index (χ1n) is 5.37. The van der Waals surface area contributed by atoms with Crippen molar-refractivity contribution in [2.24, 2.45) is 5.92 Å². The Morgan fingerprint density at radius 1 is 1.28 bits per heavy atom. The smallest absolute Gasteiger partial charge is 0.468 e. The summed E-state index contributed by atoms with van der Waals surface area (Å²) in [5, 5.41) is 0. The van der Waals surface area contributed by atoms with Crippen LogP contribution in [0.1, 0.15) is 20.3 Å². The molecule has 0 spiro atoms. The number of esters is 2. The summed E-state index contributed by atoms with van der Waals surface area (Å²) in [7, 11) is 2.33. The fraction of sp³-hybridized carbons (Fsp3) is 0.727. The van der Waals surface area contributed by atoms with E-state index in [0.717, 1.165) is 0 Å². The fourth-order valence-corrected chi connectivity index (χ4v) is 1.68. The molecule has 1 heterocycles. The van der Waals surface area contributed by atoms with Crippen LogP contribution in [0.5, 0.6) is 0 Å². The number of carbonyl (C=O) groups excluding carboxylic acids is 3. The summed E-state index contributed by atoms with van der Waals surface area (Å²) in [6, 6.07) is 0. The summed E-state index contributed by atoms with van der Waals surface area (Å²) < 4.78 is 18.9. The van der Waals surface area contributed by atoms with Gasteiger partial charge in [-0.15, -0.1) is 0 Å². The van der Waals surface area contributed by atoms with Gasteiger partial charge in [-0.25, -0.2) is 4.79 Å². The van der Waals surface area contributed by atoms with Crippen molar-refractivity contribution in [1.29, 1.82) is 0 Å². The highest BCUT2D eigenvalue weighted by Crippen LogP contribution is 2.31. The Hall–Kier alpha value is -1.79. The fourth-order valence-electron chi connectivity index (χ4n) is 1.68. The molecule has 7 nitrogen and oxygen atoms in total. The van der Waals surface area contributed by atoms with Crippen LogP contribution < -0.4 is 0 Å². The zero-order valence-corrected chi connectivity index (χ0v) is 10.7. The predicted molar refractivity (Wildman–Crippen MR) is 57.6 cm³/mol. The molecule has 1 unspecified atom stereocenters. The molecule has 1 aliphatic rings. The van der Waals surface area contributed by atoms with Crippen LogP contribution >= 0.6 is 0 Å². The Morgan fingerprint density at radius 2 is 1.78 bits per heavy atom. The predicted octanol–water partition coefficient (Wildman–Crippen LogP) is 0.653. The second kappa shape index (κ2) is 5.24. The lowest BCUT2D eigenvalue weighted by Crippen LogP contribution is -2.38. The zero-order chi connectivity index (χ0) is 13.9. The van der Waals surface area contributed by atoms with Gasteiger partial charge in [-0.05, 0) is 13.8 Å². The third-order valence-corrected chi connectivity index (χ3v) is 2.78. The maximum Gasteiger partial charge on any atom is 0.509 e. The molecule has 18 heavy (non-hydrogen) atoms. The van der Waals surface area contributed by atoms with E-state index in [2.05, 4.69) is 9.47 Å². The minimum Gasteiger partial charge on any atom is -0.468 e. The summed E-state index contributed by atoms with van der Waals surface area (Å²) in [5.41, 5.74) is -0.905. The molecule has 1 fully saturated rings. The van der Waals surface area contributed by atoms with Gasteiger partial charge in [0.15, 0.2) is 5.92 Å². The number of ether oxygens (including phenoxy) is 4. The van der Waals surface area contributed by atoms with E-state index >= 15 is 0 Å². The van der Waals surface area contributed by atoms with Crippen molar-refractivity contribution in [3.05, 3.63) is 0 Å². The third kappa shape index (κ3) is 2.91. The molecule has 0 bridgehead atoms. The van der Waals surface area contributed by atoms with Crippen LogP contribution in [0, 0.1) is 5.92 Å². The monoisotopic (exact) mass is 260 g/mol. The Morgan fingerprint density at radius 3 is 2.11 bits per heavy atom. The summed E-state index contributed by atoms with van der Waals surface area (Å²) in [6.45, 7) is 3.27. The van der Waals surface area contributed by atoms with E-state index in [9.17, 15) is 14.4 Å². The van der Waals surface area contributed by atoms with E-state index in [1.807, 2.05) is 0 Å². The lowest BCUT2D eigenvalue weighted by molar-refractivity contribution is -0.160. The molecule has 1 aliphatic heterocycles. The second-order valence-corrected chi connectivity index (χ2v) is 4.40. The first-order chi connectivity index (χ1) is 8.31. The van der Waals surface area contributed by atoms with Gasteiger partial charge in [0.05, 0.1) is 14.2 Å². The molecule has 0 radical (unpaired) electrons. The molecule has 0 amide bonds. The molecule has 1 rings (SSSR count). The van der Waals surface area contributed by atoms with Gasteiger partial charge in [0.2, 0.25) is 0 Å². The van der Waals surface area contributed by atoms with Gasteiger partial charge in [-0.3, -0.25) is 9.59 Å². The normalized spacial score (nSPS) is 21.2. The Kier molecular flexibility index (Phi) is 4.15. The molecule has 0 N–H and O–H groups in total. The van der Waals surface area contributed by atoms with E-state index in [4.69, 9.17) is 9.47 Å². The van der Waals surface area contributed by atoms with Crippen molar-refractivity contribution in [2.45, 2.75) is 32.0 Å². The standard InChI is InChI=1S/C11H16O7/c1-11(2)7(17-10(14)18-11)5-6(8(12)15-3)9(13)16-4/h6-7H,5H2,1-4H3. The topological polar surface area (TPSA) is 88.1 Å². The third-order valence-electron chi connectivity index (χ3n) is 2.78. The molecule has 0 aromatic heterocycles. The lowest BCUT2D eigenvalue weighted by atomic mass is 9.92. The molecule has 0 aromatic carbocycles. The van der Waals surface area contributed by atoms with E-state index in [1.54, 1.807) is 13.8 Å². The summed E-state index contributed by atoms with van der Waals surface area (Å²) in [4.78, 5) is 34.0. The van der Waals surface area contributed by atoms with Crippen LogP contribution in [0.4, 0.5) is 4.79 Å². The van der Waals surface area contributed by atoms with Gasteiger partial charge in [-0.1, -0.05) is 0 Å². The molecule has 1 saturated heterocycles. The highest BCUT2D eigenvalue weighted by atomic mass is 16.8. The number of carbonyl (C=O) groups is 3. The maximum atomic E-state index is 11.5. The molecule has 0 saturated carbocycles. The first kappa shape index (κ1) is 14.3. The van der Waals surface area contributed by atoms with Crippen molar-refractivity contribution in [3.63, 3.8) is 0 Å². The number of cyclic esters (lactones) is 2. The number of methoxy groups -OCH3 is 2. The molecule has 0 aliphatic carbocycles. The minimum atomic E-state index is -1.14. The highest BCUT2D eigenvalue weighted by molar-refractivity contribution is 5.94. The van der Waals surface area contributed by atoms with Crippen molar-refractivity contribution in [2.75, 3.05) is 14.2 Å². The summed E-state index contributed by atoms with van der Waals surface area (Å²) in [5.74, 6) is -2.61. The van der Waals surface area contributed by atoms with Gasteiger partial charge in [0.1, 0.15) is 11.7 Å². The minimum absolute atomic E-state index is 0.0436. The van der Waals surface area contributed by atoms with Crippen molar-refractivity contribution >= 4 is 18.1 Å². The largest absolute Gasteiger partial charge is 0.509 e. The van der Waals surface area contributed by atoms with Gasteiger partial charge in [0.25, 0.3) is 0 Å². The summed E-state index contributed by atoms with van der Waals surface area (Å²) in [6.07, 6.45) is -1.58. The van der Waals surface area contributed by atoms with Gasteiger partial charge in [0, 0.05) is 6.42 Å². The van der Waals surface area contributed by atoms with Crippen molar-refractivity contribution in [3.8, 4) is 0 Å². The average Bonchev–Trinajstić information content (AvgIpc) is 2.56.